The van der Waals surface area contributed by atoms with Crippen molar-refractivity contribution in [1.29, 1.82) is 0 Å². The molecule has 2 aliphatic heterocycles. The van der Waals surface area contributed by atoms with Crippen LogP contribution in [0, 0.1) is 0 Å². The Labute approximate surface area is 140 Å². The molecule has 1 N–H and O–H groups in total. The highest BCUT2D eigenvalue weighted by Gasteiger charge is 2.31. The molecule has 0 spiro atoms. The van der Waals surface area contributed by atoms with Crippen LogP contribution < -0.4 is 9.47 Å². The summed E-state index contributed by atoms with van der Waals surface area (Å²) in [5, 5.41) is 0. The lowest BCUT2D eigenvalue weighted by atomic mass is 10.1. The van der Waals surface area contributed by atoms with Crippen LogP contribution in [0.25, 0.3) is 11.3 Å². The van der Waals surface area contributed by atoms with E-state index in [0.717, 1.165) is 28.6 Å². The predicted molar refractivity (Wildman–Crippen MR) is 89.1 cm³/mol. The first-order valence-electron chi connectivity index (χ1n) is 8.08. The minimum absolute atomic E-state index is 0.100. The SMILES string of the molecule is C=CCN1C[C@H](c2ncc(-c3ccc4c(c3)OCCO4)[nH]2)CC1=O. The van der Waals surface area contributed by atoms with E-state index in [0.29, 0.717) is 32.7 Å². The minimum Gasteiger partial charge on any atom is -0.486 e. The predicted octanol–water partition coefficient (Wildman–Crippen LogP) is 2.35. The van der Waals surface area contributed by atoms with Crippen molar-refractivity contribution in [2.75, 3.05) is 26.3 Å². The van der Waals surface area contributed by atoms with E-state index in [-0.39, 0.29) is 11.8 Å². The third-order valence-electron chi connectivity index (χ3n) is 4.40. The molecule has 0 saturated carbocycles. The first-order valence-corrected chi connectivity index (χ1v) is 8.08. The summed E-state index contributed by atoms with van der Waals surface area (Å²) in [5.74, 6) is 2.62. The zero-order valence-electron chi connectivity index (χ0n) is 13.3. The van der Waals surface area contributed by atoms with Gasteiger partial charge in [0.05, 0.1) is 11.9 Å². The largest absolute Gasteiger partial charge is 0.486 e. The van der Waals surface area contributed by atoms with Crippen molar-refractivity contribution in [1.82, 2.24) is 14.9 Å². The number of amides is 1. The second kappa shape index (κ2) is 6.03. The van der Waals surface area contributed by atoms with E-state index in [1.165, 1.54) is 0 Å². The van der Waals surface area contributed by atoms with Crippen LogP contribution in [0.4, 0.5) is 0 Å². The zero-order chi connectivity index (χ0) is 16.5. The topological polar surface area (TPSA) is 67.5 Å². The Morgan fingerprint density at radius 2 is 2.17 bits per heavy atom. The van der Waals surface area contributed by atoms with Crippen LogP contribution in [0.3, 0.4) is 0 Å². The highest BCUT2D eigenvalue weighted by atomic mass is 16.6. The molecule has 2 aliphatic rings. The highest BCUT2D eigenvalue weighted by molar-refractivity contribution is 5.79. The van der Waals surface area contributed by atoms with E-state index in [4.69, 9.17) is 9.47 Å². The number of nitrogens with one attached hydrogen (secondary N) is 1. The van der Waals surface area contributed by atoms with Crippen molar-refractivity contribution in [3.8, 4) is 22.8 Å². The fourth-order valence-corrected chi connectivity index (χ4v) is 3.19. The molecule has 4 rings (SSSR count). The van der Waals surface area contributed by atoms with Gasteiger partial charge in [0, 0.05) is 31.0 Å². The monoisotopic (exact) mass is 325 g/mol. The van der Waals surface area contributed by atoms with Crippen LogP contribution in [0.5, 0.6) is 11.5 Å². The van der Waals surface area contributed by atoms with Crippen LogP contribution in [0.1, 0.15) is 18.2 Å². The summed E-state index contributed by atoms with van der Waals surface area (Å²) in [6.45, 7) is 6.11. The van der Waals surface area contributed by atoms with Crippen molar-refractivity contribution in [2.45, 2.75) is 12.3 Å². The second-order valence-corrected chi connectivity index (χ2v) is 6.03. The van der Waals surface area contributed by atoms with Crippen molar-refractivity contribution in [3.63, 3.8) is 0 Å². The average molecular weight is 325 g/mol. The van der Waals surface area contributed by atoms with Crippen LogP contribution in [0.15, 0.2) is 37.1 Å². The molecule has 3 heterocycles. The van der Waals surface area contributed by atoms with Crippen molar-refractivity contribution < 1.29 is 14.3 Å². The van der Waals surface area contributed by atoms with Gasteiger partial charge in [-0.25, -0.2) is 4.98 Å². The third-order valence-corrected chi connectivity index (χ3v) is 4.40. The lowest BCUT2D eigenvalue weighted by Crippen LogP contribution is -2.24. The number of fused-ring (bicyclic) bond motifs is 1. The van der Waals surface area contributed by atoms with Gasteiger partial charge in [-0.05, 0) is 18.2 Å². The standard InChI is InChI=1S/C18H19N3O3/c1-2-5-21-11-13(9-17(21)22)18-19-10-14(20-18)12-3-4-15-16(8-12)24-7-6-23-15/h2-4,8,10,13H,1,5-7,9,11H2,(H,19,20)/t13-/m1/s1. The number of benzene rings is 1. The molecule has 6 nitrogen and oxygen atoms in total. The second-order valence-electron chi connectivity index (χ2n) is 6.03. The summed E-state index contributed by atoms with van der Waals surface area (Å²) >= 11 is 0. The average Bonchev–Trinajstić information content (AvgIpc) is 3.22. The van der Waals surface area contributed by atoms with Gasteiger partial charge in [-0.1, -0.05) is 6.08 Å². The molecular formula is C18H19N3O3. The fourth-order valence-electron chi connectivity index (χ4n) is 3.19. The summed E-state index contributed by atoms with van der Waals surface area (Å²) in [4.78, 5) is 21.6. The molecule has 0 unspecified atom stereocenters. The summed E-state index contributed by atoms with van der Waals surface area (Å²) in [7, 11) is 0. The molecule has 1 aromatic carbocycles. The molecule has 0 aliphatic carbocycles. The lowest BCUT2D eigenvalue weighted by Gasteiger charge is -2.18. The number of rotatable bonds is 4. The molecule has 1 aromatic heterocycles. The summed E-state index contributed by atoms with van der Waals surface area (Å²) < 4.78 is 11.2. The van der Waals surface area contributed by atoms with E-state index in [2.05, 4.69) is 16.5 Å². The number of hydrogen-bond acceptors (Lipinski definition) is 4. The van der Waals surface area contributed by atoms with Crippen LogP contribution >= 0.6 is 0 Å². The number of aromatic nitrogens is 2. The van der Waals surface area contributed by atoms with Gasteiger partial charge in [0.1, 0.15) is 19.0 Å². The number of nitrogens with zero attached hydrogens (tertiary/aromatic N) is 2. The minimum atomic E-state index is 0.100. The maximum Gasteiger partial charge on any atom is 0.223 e. The van der Waals surface area contributed by atoms with E-state index >= 15 is 0 Å². The van der Waals surface area contributed by atoms with E-state index < -0.39 is 0 Å². The Morgan fingerprint density at radius 1 is 1.33 bits per heavy atom. The van der Waals surface area contributed by atoms with Gasteiger partial charge < -0.3 is 19.4 Å². The number of aromatic amines is 1. The summed E-state index contributed by atoms with van der Waals surface area (Å²) in [6.07, 6.45) is 4.05. The normalized spacial score (nSPS) is 19.6. The molecule has 6 heteroatoms. The fraction of sp³-hybridized carbons (Fsp3) is 0.333. The molecule has 1 saturated heterocycles. The smallest absolute Gasteiger partial charge is 0.223 e. The van der Waals surface area contributed by atoms with Crippen LogP contribution in [0.2, 0.25) is 0 Å². The first-order chi connectivity index (χ1) is 11.7. The molecule has 1 amide bonds. The molecule has 24 heavy (non-hydrogen) atoms. The molecule has 1 fully saturated rings. The number of H-pyrrole nitrogens is 1. The van der Waals surface area contributed by atoms with Gasteiger partial charge in [-0.2, -0.15) is 0 Å². The number of imidazole rings is 1. The van der Waals surface area contributed by atoms with Gasteiger partial charge in [0.25, 0.3) is 0 Å². The maximum absolute atomic E-state index is 12.0. The molecule has 0 radical (unpaired) electrons. The molecule has 124 valence electrons. The van der Waals surface area contributed by atoms with Gasteiger partial charge >= 0.3 is 0 Å². The third kappa shape index (κ3) is 2.64. The number of likely N-dealkylation sites (tertiary alicyclic amines) is 1. The Kier molecular flexibility index (Phi) is 3.72. The number of hydrogen-bond donors (Lipinski definition) is 1. The van der Waals surface area contributed by atoms with Crippen LogP contribution in [-0.4, -0.2) is 47.1 Å². The van der Waals surface area contributed by atoms with E-state index in [1.54, 1.807) is 12.3 Å². The molecular weight excluding hydrogens is 306 g/mol. The summed E-state index contributed by atoms with van der Waals surface area (Å²) in [6, 6.07) is 5.85. The Hall–Kier alpha value is -2.76. The van der Waals surface area contributed by atoms with Gasteiger partial charge in [0.2, 0.25) is 5.91 Å². The van der Waals surface area contributed by atoms with Crippen molar-refractivity contribution in [3.05, 3.63) is 42.9 Å². The number of carbonyl (C=O) groups is 1. The van der Waals surface area contributed by atoms with Crippen LogP contribution in [-0.2, 0) is 4.79 Å². The number of ether oxygens (including phenoxy) is 2. The zero-order valence-corrected chi connectivity index (χ0v) is 13.3. The van der Waals surface area contributed by atoms with E-state index in [1.807, 2.05) is 23.1 Å². The Morgan fingerprint density at radius 3 is 3.00 bits per heavy atom. The summed E-state index contributed by atoms with van der Waals surface area (Å²) in [5.41, 5.74) is 1.90. The van der Waals surface area contributed by atoms with Crippen molar-refractivity contribution >= 4 is 5.91 Å². The maximum atomic E-state index is 12.0. The Bertz CT molecular complexity index is 784. The lowest BCUT2D eigenvalue weighted by molar-refractivity contribution is -0.127. The number of carbonyl (C=O) groups excluding carboxylic acids is 1. The van der Waals surface area contributed by atoms with Crippen molar-refractivity contribution in [2.24, 2.45) is 0 Å². The van der Waals surface area contributed by atoms with E-state index in [9.17, 15) is 4.79 Å². The first kappa shape index (κ1) is 14.8. The highest BCUT2D eigenvalue weighted by Crippen LogP contribution is 2.35. The van der Waals surface area contributed by atoms with Gasteiger partial charge in [0.15, 0.2) is 11.5 Å². The molecule has 2 aromatic rings. The quantitative estimate of drug-likeness (QED) is 0.876. The van der Waals surface area contributed by atoms with Gasteiger partial charge in [-0.3, -0.25) is 4.79 Å². The van der Waals surface area contributed by atoms with Gasteiger partial charge in [-0.15, -0.1) is 6.58 Å². The molecule has 1 atom stereocenters. The molecule has 0 bridgehead atoms. The Balaban J connectivity index is 1.55.